The highest BCUT2D eigenvalue weighted by molar-refractivity contribution is 6.31. The molecule has 0 spiro atoms. The SMILES string of the molecule is COc1cc(C)c(Cl)cc1-c1cc(CCN)nn1C. The lowest BCUT2D eigenvalue weighted by Crippen LogP contribution is -2.03. The van der Waals surface area contributed by atoms with Crippen molar-refractivity contribution in [2.45, 2.75) is 13.3 Å². The molecule has 0 bridgehead atoms. The highest BCUT2D eigenvalue weighted by atomic mass is 35.5. The Labute approximate surface area is 118 Å². The number of halogens is 1. The number of methoxy groups -OCH3 is 1. The highest BCUT2D eigenvalue weighted by Gasteiger charge is 2.14. The molecule has 0 saturated carbocycles. The van der Waals surface area contributed by atoms with Crippen LogP contribution in [0.1, 0.15) is 11.3 Å². The maximum absolute atomic E-state index is 6.21. The number of aromatic nitrogens is 2. The summed E-state index contributed by atoms with van der Waals surface area (Å²) in [6.45, 7) is 2.54. The normalized spacial score (nSPS) is 10.8. The van der Waals surface area contributed by atoms with Crippen LogP contribution in [0.2, 0.25) is 5.02 Å². The summed E-state index contributed by atoms with van der Waals surface area (Å²) in [5.41, 5.74) is 9.44. The zero-order valence-electron chi connectivity index (χ0n) is 11.4. The third-order valence-electron chi connectivity index (χ3n) is 3.09. The number of nitrogens with two attached hydrogens (primary N) is 1. The van der Waals surface area contributed by atoms with Crippen LogP contribution in [0.3, 0.4) is 0 Å². The standard InChI is InChI=1S/C14H18ClN3O/c1-9-6-14(19-3)11(8-12(9)15)13-7-10(4-5-16)17-18(13)2/h6-8H,4-5,16H2,1-3H3. The lowest BCUT2D eigenvalue weighted by Gasteiger charge is -2.11. The van der Waals surface area contributed by atoms with Crippen LogP contribution in [-0.2, 0) is 13.5 Å². The predicted molar refractivity (Wildman–Crippen MR) is 77.7 cm³/mol. The molecule has 2 N–H and O–H groups in total. The van der Waals surface area contributed by atoms with Crippen molar-refractivity contribution in [1.82, 2.24) is 9.78 Å². The molecular weight excluding hydrogens is 262 g/mol. The van der Waals surface area contributed by atoms with Crippen molar-refractivity contribution in [3.05, 3.63) is 34.5 Å². The Hall–Kier alpha value is -1.52. The topological polar surface area (TPSA) is 53.1 Å². The summed E-state index contributed by atoms with van der Waals surface area (Å²) in [4.78, 5) is 0. The van der Waals surface area contributed by atoms with Gasteiger partial charge in [-0.1, -0.05) is 11.6 Å². The summed E-state index contributed by atoms with van der Waals surface area (Å²) < 4.78 is 7.26. The molecule has 1 aromatic carbocycles. The zero-order valence-corrected chi connectivity index (χ0v) is 12.2. The molecule has 0 aliphatic rings. The van der Waals surface area contributed by atoms with Crippen LogP contribution in [0.5, 0.6) is 5.75 Å². The molecule has 0 unspecified atom stereocenters. The van der Waals surface area contributed by atoms with Crippen LogP contribution < -0.4 is 10.5 Å². The number of hydrogen-bond acceptors (Lipinski definition) is 3. The van der Waals surface area contributed by atoms with Crippen molar-refractivity contribution in [2.24, 2.45) is 12.8 Å². The van der Waals surface area contributed by atoms with Gasteiger partial charge in [-0.15, -0.1) is 0 Å². The van der Waals surface area contributed by atoms with E-state index in [4.69, 9.17) is 22.1 Å². The van der Waals surface area contributed by atoms with Gasteiger partial charge in [-0.05, 0) is 37.2 Å². The summed E-state index contributed by atoms with van der Waals surface area (Å²) in [5.74, 6) is 0.796. The predicted octanol–water partition coefficient (Wildman–Crippen LogP) is 2.56. The van der Waals surface area contributed by atoms with Gasteiger partial charge in [-0.3, -0.25) is 4.68 Å². The van der Waals surface area contributed by atoms with E-state index in [1.807, 2.05) is 36.9 Å². The van der Waals surface area contributed by atoms with Crippen LogP contribution in [0.4, 0.5) is 0 Å². The molecule has 0 aliphatic heterocycles. The second kappa shape index (κ2) is 5.63. The van der Waals surface area contributed by atoms with Gasteiger partial charge in [0, 0.05) is 24.1 Å². The first kappa shape index (κ1) is 13.9. The Bertz CT molecular complexity index is 593. The van der Waals surface area contributed by atoms with Crippen molar-refractivity contribution in [1.29, 1.82) is 0 Å². The molecule has 0 radical (unpaired) electrons. The Kier molecular flexibility index (Phi) is 4.12. The van der Waals surface area contributed by atoms with Gasteiger partial charge in [0.2, 0.25) is 0 Å². The van der Waals surface area contributed by atoms with E-state index in [0.29, 0.717) is 6.54 Å². The molecule has 0 amide bonds. The molecule has 102 valence electrons. The van der Waals surface area contributed by atoms with Crippen molar-refractivity contribution < 1.29 is 4.74 Å². The van der Waals surface area contributed by atoms with Crippen molar-refractivity contribution in [2.75, 3.05) is 13.7 Å². The van der Waals surface area contributed by atoms with Crippen LogP contribution in [0, 0.1) is 6.92 Å². The first-order chi connectivity index (χ1) is 9.06. The van der Waals surface area contributed by atoms with Gasteiger partial charge in [0.05, 0.1) is 18.5 Å². The van der Waals surface area contributed by atoms with E-state index in [2.05, 4.69) is 5.10 Å². The molecule has 0 fully saturated rings. The summed E-state index contributed by atoms with van der Waals surface area (Å²) in [6, 6.07) is 5.88. The largest absolute Gasteiger partial charge is 0.496 e. The third-order valence-corrected chi connectivity index (χ3v) is 3.49. The highest BCUT2D eigenvalue weighted by Crippen LogP contribution is 2.34. The summed E-state index contributed by atoms with van der Waals surface area (Å²) >= 11 is 6.21. The van der Waals surface area contributed by atoms with Gasteiger partial charge >= 0.3 is 0 Å². The molecule has 0 atom stereocenters. The lowest BCUT2D eigenvalue weighted by atomic mass is 10.1. The fraction of sp³-hybridized carbons (Fsp3) is 0.357. The summed E-state index contributed by atoms with van der Waals surface area (Å²) in [7, 11) is 3.56. The number of hydrogen-bond donors (Lipinski definition) is 1. The van der Waals surface area contributed by atoms with Crippen molar-refractivity contribution >= 4 is 11.6 Å². The average molecular weight is 280 g/mol. The minimum Gasteiger partial charge on any atom is -0.496 e. The molecule has 2 rings (SSSR count). The fourth-order valence-electron chi connectivity index (χ4n) is 2.07. The number of ether oxygens (including phenoxy) is 1. The van der Waals surface area contributed by atoms with E-state index in [1.165, 1.54) is 0 Å². The monoisotopic (exact) mass is 279 g/mol. The van der Waals surface area contributed by atoms with E-state index < -0.39 is 0 Å². The smallest absolute Gasteiger partial charge is 0.128 e. The zero-order chi connectivity index (χ0) is 14.0. The molecule has 1 aromatic heterocycles. The second-order valence-corrected chi connectivity index (χ2v) is 4.89. The molecule has 1 heterocycles. The number of aryl methyl sites for hydroxylation is 2. The summed E-state index contributed by atoms with van der Waals surface area (Å²) in [6.07, 6.45) is 0.760. The van der Waals surface area contributed by atoms with Crippen LogP contribution in [-0.4, -0.2) is 23.4 Å². The Balaban J connectivity index is 2.54. The van der Waals surface area contributed by atoms with Gasteiger partial charge in [0.25, 0.3) is 0 Å². The van der Waals surface area contributed by atoms with Gasteiger partial charge in [-0.2, -0.15) is 5.10 Å². The number of rotatable bonds is 4. The van der Waals surface area contributed by atoms with E-state index >= 15 is 0 Å². The first-order valence-corrected chi connectivity index (χ1v) is 6.52. The minimum atomic E-state index is 0.586. The van der Waals surface area contributed by atoms with Crippen molar-refractivity contribution in [3.8, 4) is 17.0 Å². The van der Waals surface area contributed by atoms with Crippen LogP contribution in [0.25, 0.3) is 11.3 Å². The Morgan fingerprint density at radius 3 is 2.74 bits per heavy atom. The summed E-state index contributed by atoms with van der Waals surface area (Å²) in [5, 5.41) is 5.16. The number of benzene rings is 1. The molecule has 4 nitrogen and oxygen atoms in total. The van der Waals surface area contributed by atoms with E-state index in [1.54, 1.807) is 7.11 Å². The minimum absolute atomic E-state index is 0.586. The van der Waals surface area contributed by atoms with E-state index in [0.717, 1.165) is 39.7 Å². The lowest BCUT2D eigenvalue weighted by molar-refractivity contribution is 0.415. The van der Waals surface area contributed by atoms with E-state index in [9.17, 15) is 0 Å². The fourth-order valence-corrected chi connectivity index (χ4v) is 2.24. The second-order valence-electron chi connectivity index (χ2n) is 4.48. The molecule has 0 aliphatic carbocycles. The Morgan fingerprint density at radius 1 is 1.37 bits per heavy atom. The van der Waals surface area contributed by atoms with Crippen molar-refractivity contribution in [3.63, 3.8) is 0 Å². The third kappa shape index (κ3) is 2.74. The maximum Gasteiger partial charge on any atom is 0.128 e. The van der Waals surface area contributed by atoms with Crippen LogP contribution >= 0.6 is 11.6 Å². The first-order valence-electron chi connectivity index (χ1n) is 6.14. The molecule has 19 heavy (non-hydrogen) atoms. The quantitative estimate of drug-likeness (QED) is 0.936. The molecular formula is C14H18ClN3O. The van der Waals surface area contributed by atoms with E-state index in [-0.39, 0.29) is 0 Å². The molecule has 2 aromatic rings. The van der Waals surface area contributed by atoms with Gasteiger partial charge in [-0.25, -0.2) is 0 Å². The average Bonchev–Trinajstić information content (AvgIpc) is 2.73. The van der Waals surface area contributed by atoms with Gasteiger partial charge in [0.15, 0.2) is 0 Å². The number of nitrogens with zero attached hydrogens (tertiary/aromatic N) is 2. The van der Waals surface area contributed by atoms with Gasteiger partial charge in [0.1, 0.15) is 5.75 Å². The van der Waals surface area contributed by atoms with Gasteiger partial charge < -0.3 is 10.5 Å². The maximum atomic E-state index is 6.21. The van der Waals surface area contributed by atoms with Crippen LogP contribution in [0.15, 0.2) is 18.2 Å². The molecule has 5 heteroatoms. The molecule has 0 saturated heterocycles. The Morgan fingerprint density at radius 2 is 2.11 bits per heavy atom.